The minimum atomic E-state index is -0.551. The molecule has 0 saturated heterocycles. The number of aryl methyl sites for hydroxylation is 2. The highest BCUT2D eigenvalue weighted by atomic mass is 32.2. The fourth-order valence-electron chi connectivity index (χ4n) is 2.12. The molecule has 2 rings (SSSR count). The van der Waals surface area contributed by atoms with Crippen LogP contribution in [0.4, 0.5) is 0 Å². The van der Waals surface area contributed by atoms with Gasteiger partial charge in [0.25, 0.3) is 0 Å². The van der Waals surface area contributed by atoms with Gasteiger partial charge in [0, 0.05) is 12.6 Å². The lowest BCUT2D eigenvalue weighted by molar-refractivity contribution is 0.0989. The second kappa shape index (κ2) is 7.88. The number of Topliss-reactive ketones (excluding diaryl/α,β-unsaturated/α-hetero) is 1. The summed E-state index contributed by atoms with van der Waals surface area (Å²) < 4.78 is 0. The zero-order valence-electron chi connectivity index (χ0n) is 13.9. The first kappa shape index (κ1) is 17.9. The maximum atomic E-state index is 13.0. The number of benzene rings is 2. The Morgan fingerprint density at radius 3 is 2.04 bits per heavy atom. The van der Waals surface area contributed by atoms with Crippen LogP contribution in [0.25, 0.3) is 0 Å². The Bertz CT molecular complexity index is 741. The van der Waals surface area contributed by atoms with E-state index in [0.717, 1.165) is 33.5 Å². The van der Waals surface area contributed by atoms with Crippen LogP contribution in [0.2, 0.25) is 0 Å². The molecule has 0 aliphatic heterocycles. The summed E-state index contributed by atoms with van der Waals surface area (Å²) in [5.41, 5.74) is 10.7. The standard InChI is InChI=1S/C18H20N4OS/c1-12-4-8-14(9-5-12)16(23)17(24-18(19)22(3)21-20)15-10-6-13(2)7-11-15/h4-11,17,19-20H,1-3H3. The summed E-state index contributed by atoms with van der Waals surface area (Å²) in [5, 5.41) is 11.9. The monoisotopic (exact) mass is 340 g/mol. The molecule has 5 nitrogen and oxygen atoms in total. The van der Waals surface area contributed by atoms with Crippen molar-refractivity contribution >= 4 is 22.7 Å². The van der Waals surface area contributed by atoms with Crippen molar-refractivity contribution in [3.05, 3.63) is 70.8 Å². The molecule has 0 aromatic heterocycles. The van der Waals surface area contributed by atoms with Crippen molar-refractivity contribution in [1.29, 1.82) is 10.9 Å². The van der Waals surface area contributed by atoms with E-state index in [0.29, 0.717) is 5.56 Å². The molecule has 0 aliphatic rings. The number of hydrogen-bond donors (Lipinski definition) is 2. The van der Waals surface area contributed by atoms with E-state index in [1.54, 1.807) is 0 Å². The summed E-state index contributed by atoms with van der Waals surface area (Å²) in [6.45, 7) is 3.96. The van der Waals surface area contributed by atoms with E-state index >= 15 is 0 Å². The highest BCUT2D eigenvalue weighted by molar-refractivity contribution is 8.14. The van der Waals surface area contributed by atoms with Crippen LogP contribution in [-0.4, -0.2) is 23.0 Å². The van der Waals surface area contributed by atoms with Gasteiger partial charge in [0.1, 0.15) is 5.25 Å². The highest BCUT2D eigenvalue weighted by Crippen LogP contribution is 2.34. The second-order valence-electron chi connectivity index (χ2n) is 5.57. The van der Waals surface area contributed by atoms with Crippen LogP contribution in [0.1, 0.15) is 32.3 Å². The van der Waals surface area contributed by atoms with Gasteiger partial charge in [-0.2, -0.15) is 5.53 Å². The van der Waals surface area contributed by atoms with Gasteiger partial charge in [-0.15, -0.1) is 0 Å². The van der Waals surface area contributed by atoms with Gasteiger partial charge in [-0.25, -0.2) is 5.01 Å². The van der Waals surface area contributed by atoms with Gasteiger partial charge in [-0.05, 0) is 19.4 Å². The van der Waals surface area contributed by atoms with Crippen LogP contribution in [0, 0.1) is 24.8 Å². The van der Waals surface area contributed by atoms with Crippen LogP contribution in [0.3, 0.4) is 0 Å². The maximum Gasteiger partial charge on any atom is 0.180 e. The number of nitrogens with zero attached hydrogens (tertiary/aromatic N) is 2. The van der Waals surface area contributed by atoms with Crippen molar-refractivity contribution in [2.75, 3.05) is 7.05 Å². The lowest BCUT2D eigenvalue weighted by atomic mass is 10.0. The van der Waals surface area contributed by atoms with Gasteiger partial charge >= 0.3 is 0 Å². The Morgan fingerprint density at radius 2 is 1.54 bits per heavy atom. The van der Waals surface area contributed by atoms with Crippen LogP contribution < -0.4 is 0 Å². The van der Waals surface area contributed by atoms with Crippen molar-refractivity contribution in [1.82, 2.24) is 5.01 Å². The summed E-state index contributed by atoms with van der Waals surface area (Å²) in [4.78, 5) is 13.0. The Morgan fingerprint density at radius 1 is 1.04 bits per heavy atom. The Hall–Kier alpha value is -2.47. The average Bonchev–Trinajstić information content (AvgIpc) is 2.59. The van der Waals surface area contributed by atoms with Crippen LogP contribution in [0.5, 0.6) is 0 Å². The van der Waals surface area contributed by atoms with E-state index < -0.39 is 5.25 Å². The zero-order valence-corrected chi connectivity index (χ0v) is 14.7. The summed E-state index contributed by atoms with van der Waals surface area (Å²) in [6.07, 6.45) is 0. The number of ketones is 1. The normalized spacial score (nSPS) is 11.6. The first-order valence-corrected chi connectivity index (χ1v) is 8.34. The Kier molecular flexibility index (Phi) is 5.87. The molecule has 2 N–H and O–H groups in total. The predicted molar refractivity (Wildman–Crippen MR) is 97.7 cm³/mol. The van der Waals surface area contributed by atoms with E-state index in [2.05, 4.69) is 5.22 Å². The molecule has 1 unspecified atom stereocenters. The van der Waals surface area contributed by atoms with Crippen molar-refractivity contribution < 1.29 is 4.79 Å². The predicted octanol–water partition coefficient (Wildman–Crippen LogP) is 4.77. The van der Waals surface area contributed by atoms with Gasteiger partial charge in [-0.3, -0.25) is 10.2 Å². The van der Waals surface area contributed by atoms with E-state index in [-0.39, 0.29) is 11.0 Å². The molecule has 2 aromatic carbocycles. The minimum absolute atomic E-state index is 0.0519. The maximum absolute atomic E-state index is 13.0. The number of hydrogen-bond acceptors (Lipinski definition) is 5. The van der Waals surface area contributed by atoms with Gasteiger partial charge in [0.15, 0.2) is 11.0 Å². The molecule has 0 saturated carbocycles. The second-order valence-corrected chi connectivity index (χ2v) is 6.66. The number of carbonyl (C=O) groups excluding carboxylic acids is 1. The molecule has 0 aliphatic carbocycles. The van der Waals surface area contributed by atoms with Crippen molar-refractivity contribution in [3.8, 4) is 0 Å². The molecule has 6 heteroatoms. The third kappa shape index (κ3) is 4.29. The van der Waals surface area contributed by atoms with E-state index in [1.807, 2.05) is 62.4 Å². The SMILES string of the molecule is Cc1ccc(C(=O)C(SC(=N)N(C)N=N)c2ccc(C)cc2)cc1. The Balaban J connectivity index is 2.36. The van der Waals surface area contributed by atoms with Crippen LogP contribution >= 0.6 is 11.8 Å². The molecule has 1 atom stereocenters. The lowest BCUT2D eigenvalue weighted by Gasteiger charge is -2.19. The molecule has 0 fully saturated rings. The van der Waals surface area contributed by atoms with Crippen LogP contribution in [0.15, 0.2) is 53.8 Å². The summed E-state index contributed by atoms with van der Waals surface area (Å²) >= 11 is 1.09. The van der Waals surface area contributed by atoms with Gasteiger partial charge in [0.2, 0.25) is 0 Å². The molecule has 0 amide bonds. The number of nitrogens with one attached hydrogen (secondary N) is 2. The smallest absolute Gasteiger partial charge is 0.180 e. The van der Waals surface area contributed by atoms with Gasteiger partial charge in [-0.1, -0.05) is 76.6 Å². The number of amidine groups is 1. The lowest BCUT2D eigenvalue weighted by Crippen LogP contribution is -2.20. The minimum Gasteiger partial charge on any atom is -0.293 e. The fourth-order valence-corrected chi connectivity index (χ4v) is 3.07. The summed E-state index contributed by atoms with van der Waals surface area (Å²) in [7, 11) is 1.52. The number of rotatable bonds is 5. The summed E-state index contributed by atoms with van der Waals surface area (Å²) in [5.74, 6) is -0.0630. The van der Waals surface area contributed by atoms with Crippen molar-refractivity contribution in [2.45, 2.75) is 19.1 Å². The molecule has 0 heterocycles. The van der Waals surface area contributed by atoms with E-state index in [1.165, 1.54) is 7.05 Å². The molecule has 2 aromatic rings. The molecular weight excluding hydrogens is 320 g/mol. The first-order chi connectivity index (χ1) is 11.4. The topological polar surface area (TPSA) is 80.4 Å². The molecule has 0 bridgehead atoms. The Labute approximate surface area is 146 Å². The zero-order chi connectivity index (χ0) is 17.7. The number of carbonyl (C=O) groups is 1. The molecule has 124 valence electrons. The quantitative estimate of drug-likeness (QED) is 0.270. The third-order valence-electron chi connectivity index (χ3n) is 3.63. The van der Waals surface area contributed by atoms with Crippen molar-refractivity contribution in [3.63, 3.8) is 0 Å². The van der Waals surface area contributed by atoms with Gasteiger partial charge in [0.05, 0.1) is 0 Å². The summed E-state index contributed by atoms with van der Waals surface area (Å²) in [6, 6.07) is 15.1. The molecule has 0 radical (unpaired) electrons. The van der Waals surface area contributed by atoms with Crippen LogP contribution in [-0.2, 0) is 0 Å². The van der Waals surface area contributed by atoms with Gasteiger partial charge < -0.3 is 0 Å². The third-order valence-corrected chi connectivity index (χ3v) is 4.84. The molecular formula is C18H20N4OS. The molecule has 0 spiro atoms. The number of thioether (sulfide) groups is 1. The van der Waals surface area contributed by atoms with Crippen molar-refractivity contribution in [2.24, 2.45) is 5.22 Å². The van der Waals surface area contributed by atoms with E-state index in [4.69, 9.17) is 10.9 Å². The van der Waals surface area contributed by atoms with E-state index in [9.17, 15) is 4.79 Å². The largest absolute Gasteiger partial charge is 0.293 e. The average molecular weight is 340 g/mol. The fraction of sp³-hybridized carbons (Fsp3) is 0.222. The highest BCUT2D eigenvalue weighted by Gasteiger charge is 2.25. The first-order valence-electron chi connectivity index (χ1n) is 7.46. The molecule has 24 heavy (non-hydrogen) atoms.